The molecule has 0 aromatic rings. The zero-order valence-electron chi connectivity index (χ0n) is 30.5. The Hall–Kier alpha value is -1.73. The van der Waals surface area contributed by atoms with E-state index in [0.29, 0.717) is 19.3 Å². The molecule has 0 aliphatic rings. The number of amides is 1. The highest BCUT2D eigenvalue weighted by Gasteiger charge is 2.28. The molecule has 0 aromatic carbocycles. The van der Waals surface area contributed by atoms with Crippen molar-refractivity contribution in [1.82, 2.24) is 5.32 Å². The molecule has 0 saturated carbocycles. The number of carbonyl (C=O) groups excluding carboxylic acids is 1. The van der Waals surface area contributed by atoms with Crippen LogP contribution in [0.3, 0.4) is 0 Å². The van der Waals surface area contributed by atoms with Crippen LogP contribution in [0.4, 0.5) is 0 Å². The van der Waals surface area contributed by atoms with Gasteiger partial charge in [-0.15, -0.1) is 0 Å². The van der Waals surface area contributed by atoms with Gasteiger partial charge in [0.05, 0.1) is 18.8 Å². The van der Waals surface area contributed by atoms with Crippen molar-refractivity contribution < 1.29 is 25.2 Å². The van der Waals surface area contributed by atoms with Crippen LogP contribution in [0.25, 0.3) is 0 Å². The standard InChI is InChI=1S/C41H75NO5/c1-3-5-7-9-11-13-15-16-17-18-19-20-21-22-23-24-25-27-28-30-32-34-38(44)40(46)37(36-43)42-41(47)39(45)35-33-31-29-26-14-12-10-8-6-4-2/h10,12,18-19,22-23,27-28,37-40,43-46H,3-9,11,13-17,20-21,24-26,29-36H2,1-2H3,(H,42,47)/b12-10-,19-18+,23-22+,28-27+. The molecule has 6 heteroatoms. The summed E-state index contributed by atoms with van der Waals surface area (Å²) < 4.78 is 0. The molecule has 1 amide bonds. The monoisotopic (exact) mass is 662 g/mol. The number of aliphatic hydroxyl groups is 4. The predicted octanol–water partition coefficient (Wildman–Crippen LogP) is 9.56. The SMILES string of the molecule is CCCC/C=C\CCCCCCC(O)C(=O)NC(CO)C(O)C(O)CCC/C=C/CC/C=C/CC/C=C/CCCCCCCCCC. The van der Waals surface area contributed by atoms with Crippen LogP contribution >= 0.6 is 0 Å². The second-order valence-corrected chi connectivity index (χ2v) is 13.2. The Balaban J connectivity index is 3.88. The van der Waals surface area contributed by atoms with Gasteiger partial charge in [-0.1, -0.05) is 140 Å². The molecule has 274 valence electrons. The summed E-state index contributed by atoms with van der Waals surface area (Å²) in [6, 6.07) is -1.01. The zero-order valence-corrected chi connectivity index (χ0v) is 30.5. The topological polar surface area (TPSA) is 110 Å². The first-order chi connectivity index (χ1) is 23.0. The number of rotatable bonds is 34. The number of aliphatic hydroxyl groups excluding tert-OH is 4. The fraction of sp³-hybridized carbons (Fsp3) is 0.780. The van der Waals surface area contributed by atoms with Crippen LogP contribution in [0.15, 0.2) is 48.6 Å². The van der Waals surface area contributed by atoms with E-state index in [4.69, 9.17) is 0 Å². The molecule has 4 unspecified atom stereocenters. The van der Waals surface area contributed by atoms with E-state index in [2.05, 4.69) is 67.8 Å². The third kappa shape index (κ3) is 30.1. The maximum absolute atomic E-state index is 12.4. The molecule has 0 rings (SSSR count). The number of hydrogen-bond acceptors (Lipinski definition) is 5. The maximum atomic E-state index is 12.4. The quantitative estimate of drug-likeness (QED) is 0.0349. The number of allylic oxidation sites excluding steroid dienone is 8. The number of unbranched alkanes of at least 4 members (excludes halogenated alkanes) is 17. The molecular formula is C41H75NO5. The smallest absolute Gasteiger partial charge is 0.249 e. The van der Waals surface area contributed by atoms with Crippen molar-refractivity contribution in [3.63, 3.8) is 0 Å². The number of hydrogen-bond donors (Lipinski definition) is 5. The lowest BCUT2D eigenvalue weighted by atomic mass is 10.00. The first-order valence-corrected chi connectivity index (χ1v) is 19.5. The Bertz CT molecular complexity index is 793. The summed E-state index contributed by atoms with van der Waals surface area (Å²) in [6.45, 7) is 3.95. The van der Waals surface area contributed by atoms with E-state index in [-0.39, 0.29) is 0 Å². The lowest BCUT2D eigenvalue weighted by Gasteiger charge is -2.27. The lowest BCUT2D eigenvalue weighted by molar-refractivity contribution is -0.132. The van der Waals surface area contributed by atoms with Gasteiger partial charge in [0.15, 0.2) is 0 Å². The minimum atomic E-state index is -1.30. The van der Waals surface area contributed by atoms with E-state index in [1.54, 1.807) is 0 Å². The van der Waals surface area contributed by atoms with Crippen LogP contribution < -0.4 is 5.32 Å². The molecule has 0 radical (unpaired) electrons. The van der Waals surface area contributed by atoms with Gasteiger partial charge in [-0.2, -0.15) is 0 Å². The summed E-state index contributed by atoms with van der Waals surface area (Å²) >= 11 is 0. The molecule has 0 saturated heterocycles. The molecule has 0 aliphatic carbocycles. The Morgan fingerprint density at radius 2 is 0.915 bits per heavy atom. The summed E-state index contributed by atoms with van der Waals surface area (Å²) in [7, 11) is 0. The van der Waals surface area contributed by atoms with Gasteiger partial charge in [0.1, 0.15) is 12.2 Å². The highest BCUT2D eigenvalue weighted by Crippen LogP contribution is 2.13. The molecule has 0 fully saturated rings. The molecule has 5 N–H and O–H groups in total. The zero-order chi connectivity index (χ0) is 34.6. The summed E-state index contributed by atoms with van der Waals surface area (Å²) in [4.78, 5) is 12.4. The fourth-order valence-electron chi connectivity index (χ4n) is 5.53. The van der Waals surface area contributed by atoms with Gasteiger partial charge >= 0.3 is 0 Å². The van der Waals surface area contributed by atoms with Crippen LogP contribution in [0.5, 0.6) is 0 Å². The first kappa shape index (κ1) is 45.3. The van der Waals surface area contributed by atoms with Gasteiger partial charge in [-0.25, -0.2) is 0 Å². The Morgan fingerprint density at radius 1 is 0.511 bits per heavy atom. The molecule has 0 aromatic heterocycles. The van der Waals surface area contributed by atoms with Crippen LogP contribution in [0.2, 0.25) is 0 Å². The Kier molecular flexibility index (Phi) is 34.3. The molecule has 0 bridgehead atoms. The summed E-state index contributed by atoms with van der Waals surface area (Å²) in [5.41, 5.74) is 0. The normalized spacial score (nSPS) is 14.9. The molecule has 47 heavy (non-hydrogen) atoms. The van der Waals surface area contributed by atoms with Crippen molar-refractivity contribution in [2.24, 2.45) is 0 Å². The molecule has 0 spiro atoms. The largest absolute Gasteiger partial charge is 0.394 e. The Morgan fingerprint density at radius 3 is 1.40 bits per heavy atom. The second kappa shape index (κ2) is 35.6. The third-order valence-electron chi connectivity index (χ3n) is 8.72. The second-order valence-electron chi connectivity index (χ2n) is 13.2. The van der Waals surface area contributed by atoms with Crippen molar-refractivity contribution in [3.8, 4) is 0 Å². The van der Waals surface area contributed by atoms with E-state index in [1.807, 2.05) is 0 Å². The van der Waals surface area contributed by atoms with Crippen molar-refractivity contribution in [1.29, 1.82) is 0 Å². The fourth-order valence-corrected chi connectivity index (χ4v) is 5.53. The predicted molar refractivity (Wildman–Crippen MR) is 200 cm³/mol. The summed E-state index contributed by atoms with van der Waals surface area (Å²) in [5.74, 6) is -0.614. The van der Waals surface area contributed by atoms with Gasteiger partial charge in [-0.05, 0) is 83.5 Å². The van der Waals surface area contributed by atoms with Gasteiger partial charge in [-0.3, -0.25) is 4.79 Å². The minimum Gasteiger partial charge on any atom is -0.394 e. The lowest BCUT2D eigenvalue weighted by Crippen LogP contribution is -2.53. The van der Waals surface area contributed by atoms with Gasteiger partial charge < -0.3 is 25.7 Å². The van der Waals surface area contributed by atoms with Gasteiger partial charge in [0, 0.05) is 0 Å². The van der Waals surface area contributed by atoms with Crippen LogP contribution in [0, 0.1) is 0 Å². The van der Waals surface area contributed by atoms with Crippen LogP contribution in [0.1, 0.15) is 174 Å². The van der Waals surface area contributed by atoms with E-state index >= 15 is 0 Å². The Labute approximate surface area is 289 Å². The van der Waals surface area contributed by atoms with Crippen molar-refractivity contribution >= 4 is 5.91 Å². The average molecular weight is 662 g/mol. The highest BCUT2D eigenvalue weighted by atomic mass is 16.3. The minimum absolute atomic E-state index is 0.341. The van der Waals surface area contributed by atoms with Crippen LogP contribution in [-0.4, -0.2) is 57.3 Å². The van der Waals surface area contributed by atoms with E-state index in [1.165, 1.54) is 70.6 Å². The number of nitrogens with one attached hydrogen (secondary N) is 1. The maximum Gasteiger partial charge on any atom is 0.249 e. The van der Waals surface area contributed by atoms with E-state index in [0.717, 1.165) is 70.6 Å². The first-order valence-electron chi connectivity index (χ1n) is 19.5. The van der Waals surface area contributed by atoms with Crippen molar-refractivity contribution in [2.75, 3.05) is 6.61 Å². The van der Waals surface area contributed by atoms with Gasteiger partial charge in [0.2, 0.25) is 5.91 Å². The molecule has 4 atom stereocenters. The van der Waals surface area contributed by atoms with Crippen molar-refractivity contribution in [3.05, 3.63) is 48.6 Å². The third-order valence-corrected chi connectivity index (χ3v) is 8.72. The molecule has 6 nitrogen and oxygen atoms in total. The average Bonchev–Trinajstić information content (AvgIpc) is 3.07. The van der Waals surface area contributed by atoms with E-state index < -0.39 is 36.9 Å². The molecule has 0 aliphatic heterocycles. The van der Waals surface area contributed by atoms with Gasteiger partial charge in [0.25, 0.3) is 0 Å². The summed E-state index contributed by atoms with van der Waals surface area (Å²) in [5, 5.41) is 43.4. The number of carbonyl (C=O) groups is 1. The molecule has 0 heterocycles. The summed E-state index contributed by atoms with van der Waals surface area (Å²) in [6.07, 6.45) is 41.4. The molecular weight excluding hydrogens is 586 g/mol. The highest BCUT2D eigenvalue weighted by molar-refractivity contribution is 5.80. The van der Waals surface area contributed by atoms with Crippen molar-refractivity contribution in [2.45, 2.75) is 199 Å². The van der Waals surface area contributed by atoms with E-state index in [9.17, 15) is 25.2 Å². The van der Waals surface area contributed by atoms with Crippen LogP contribution in [-0.2, 0) is 4.79 Å².